The number of carbonyl (C=O) groups is 1. The molecule has 1 atom stereocenters. The van der Waals surface area contributed by atoms with Crippen LogP contribution in [0.4, 0.5) is 11.4 Å². The normalized spacial score (nSPS) is 12.0. The summed E-state index contributed by atoms with van der Waals surface area (Å²) >= 11 is 0. The average Bonchev–Trinajstić information content (AvgIpc) is 3.02. The van der Waals surface area contributed by atoms with Gasteiger partial charge in [0, 0.05) is 0 Å². The highest BCUT2D eigenvalue weighted by molar-refractivity contribution is 5.90. The van der Waals surface area contributed by atoms with Crippen LogP contribution in [0.15, 0.2) is 83.0 Å². The zero-order valence-electron chi connectivity index (χ0n) is 26.0. The number of unbranched alkanes of at least 4 members (excludes halogenated alkanes) is 10. The lowest BCUT2D eigenvalue weighted by atomic mass is 10.0. The maximum atomic E-state index is 12.5. The smallest absolute Gasteiger partial charge is 0.338 e. The van der Waals surface area contributed by atoms with E-state index in [0.717, 1.165) is 54.1 Å². The molecule has 0 aliphatic rings. The first kappa shape index (κ1) is 33.0. The number of hydrogen-bond donors (Lipinski definition) is 0. The molecule has 0 aliphatic heterocycles. The Morgan fingerprint density at radius 1 is 0.619 bits per heavy atom. The van der Waals surface area contributed by atoms with E-state index in [1.165, 1.54) is 64.2 Å². The van der Waals surface area contributed by atoms with E-state index in [0.29, 0.717) is 5.56 Å². The number of azo groups is 1. The van der Waals surface area contributed by atoms with Crippen LogP contribution in [0.3, 0.4) is 0 Å². The van der Waals surface area contributed by atoms with Crippen LogP contribution in [0, 0.1) is 0 Å². The van der Waals surface area contributed by atoms with E-state index in [1.807, 2.05) is 79.7 Å². The van der Waals surface area contributed by atoms with E-state index >= 15 is 0 Å². The molecule has 42 heavy (non-hydrogen) atoms. The van der Waals surface area contributed by atoms with Crippen molar-refractivity contribution in [3.8, 4) is 16.9 Å². The molecule has 3 aromatic rings. The molecule has 0 aromatic heterocycles. The first-order valence-electron chi connectivity index (χ1n) is 16.1. The van der Waals surface area contributed by atoms with Gasteiger partial charge in [0.25, 0.3) is 0 Å². The van der Waals surface area contributed by atoms with Gasteiger partial charge in [0.1, 0.15) is 5.75 Å². The van der Waals surface area contributed by atoms with Crippen LogP contribution in [-0.4, -0.2) is 18.7 Å². The number of rotatable bonds is 20. The Kier molecular flexibility index (Phi) is 15.4. The maximum absolute atomic E-state index is 12.5. The Morgan fingerprint density at radius 2 is 1.10 bits per heavy atom. The molecule has 0 aliphatic carbocycles. The number of carbonyl (C=O) groups excluding carboxylic acids is 1. The quantitative estimate of drug-likeness (QED) is 0.0771. The molecule has 0 amide bonds. The summed E-state index contributed by atoms with van der Waals surface area (Å²) < 4.78 is 11.5. The fourth-order valence-electron chi connectivity index (χ4n) is 4.84. The van der Waals surface area contributed by atoms with Crippen molar-refractivity contribution in [1.82, 2.24) is 0 Å². The lowest BCUT2D eigenvalue weighted by Crippen LogP contribution is -2.15. The molecule has 3 aromatic carbocycles. The number of nitrogens with zero attached hydrogens (tertiary/aromatic N) is 2. The van der Waals surface area contributed by atoms with Gasteiger partial charge in [-0.25, -0.2) is 4.79 Å². The fourth-order valence-corrected chi connectivity index (χ4v) is 4.84. The van der Waals surface area contributed by atoms with Crippen LogP contribution in [0.1, 0.15) is 115 Å². The summed E-state index contributed by atoms with van der Waals surface area (Å²) in [6.45, 7) is 7.18. The number of esters is 1. The molecule has 0 saturated carbocycles. The Balaban J connectivity index is 1.40. The zero-order chi connectivity index (χ0) is 29.8. The summed E-state index contributed by atoms with van der Waals surface area (Å²) in [5, 5.41) is 8.75. The largest absolute Gasteiger partial charge is 0.494 e. The molecule has 5 heteroatoms. The summed E-state index contributed by atoms with van der Waals surface area (Å²) in [5.74, 6) is 0.612. The Bertz CT molecular complexity index is 1170. The Morgan fingerprint density at radius 3 is 1.67 bits per heavy atom. The van der Waals surface area contributed by atoms with Crippen molar-refractivity contribution in [3.63, 3.8) is 0 Å². The van der Waals surface area contributed by atoms with Crippen molar-refractivity contribution in [2.45, 2.75) is 110 Å². The molecular weight excluding hydrogens is 520 g/mol. The molecule has 0 fully saturated rings. The van der Waals surface area contributed by atoms with Gasteiger partial charge < -0.3 is 9.47 Å². The molecule has 226 valence electrons. The highest BCUT2D eigenvalue weighted by Crippen LogP contribution is 2.26. The van der Waals surface area contributed by atoms with Crippen LogP contribution in [-0.2, 0) is 4.74 Å². The van der Waals surface area contributed by atoms with Crippen molar-refractivity contribution < 1.29 is 14.3 Å². The van der Waals surface area contributed by atoms with Crippen LogP contribution >= 0.6 is 0 Å². The van der Waals surface area contributed by atoms with Gasteiger partial charge in [0.2, 0.25) is 0 Å². The minimum Gasteiger partial charge on any atom is -0.494 e. The highest BCUT2D eigenvalue weighted by atomic mass is 16.5. The van der Waals surface area contributed by atoms with Gasteiger partial charge >= 0.3 is 5.97 Å². The summed E-state index contributed by atoms with van der Waals surface area (Å²) in [4.78, 5) is 12.5. The van der Waals surface area contributed by atoms with Crippen LogP contribution in [0.5, 0.6) is 5.75 Å². The third kappa shape index (κ3) is 12.6. The third-order valence-corrected chi connectivity index (χ3v) is 7.48. The monoisotopic (exact) mass is 570 g/mol. The Labute approximate surface area is 253 Å². The maximum Gasteiger partial charge on any atom is 0.338 e. The minimum atomic E-state index is -0.261. The molecular formula is C37H50N2O3. The third-order valence-electron chi connectivity index (χ3n) is 7.48. The van der Waals surface area contributed by atoms with Gasteiger partial charge in [0.05, 0.1) is 29.6 Å². The number of hydrogen-bond acceptors (Lipinski definition) is 5. The lowest BCUT2D eigenvalue weighted by Gasteiger charge is -2.13. The number of ether oxygens (including phenoxy) is 2. The molecule has 0 heterocycles. The first-order valence-corrected chi connectivity index (χ1v) is 16.1. The van der Waals surface area contributed by atoms with E-state index in [1.54, 1.807) is 0 Å². The second-order valence-electron chi connectivity index (χ2n) is 11.2. The average molecular weight is 571 g/mol. The van der Waals surface area contributed by atoms with E-state index in [-0.39, 0.29) is 12.1 Å². The fraction of sp³-hybridized carbons (Fsp3) is 0.486. The SMILES string of the molecule is CCCCCCCCCCOc1ccc(N=Nc2ccc(-c3ccc(C(=O)O[C@@H](C)CCCCCC)cc3)cc2)cc1. The standard InChI is InChI=1S/C37H50N2O3/c1-4-6-8-10-11-12-13-15-29-41-36-27-25-35(26-28-36)39-38-34-23-21-32(22-24-34)31-17-19-33(20-18-31)37(40)42-30(3)16-14-9-7-5-2/h17-28,30H,4-16,29H2,1-3H3/t30-/m0/s1. The summed E-state index contributed by atoms with van der Waals surface area (Å²) in [7, 11) is 0. The topological polar surface area (TPSA) is 60.2 Å². The molecule has 0 spiro atoms. The van der Waals surface area contributed by atoms with Crippen LogP contribution < -0.4 is 4.74 Å². The number of benzene rings is 3. The van der Waals surface area contributed by atoms with Crippen molar-refractivity contribution >= 4 is 17.3 Å². The molecule has 0 unspecified atom stereocenters. The summed E-state index contributed by atoms with van der Waals surface area (Å²) in [6.07, 6.45) is 15.9. The second kappa shape index (κ2) is 19.6. The molecule has 0 bridgehead atoms. The summed E-state index contributed by atoms with van der Waals surface area (Å²) in [6, 6.07) is 23.3. The van der Waals surface area contributed by atoms with E-state index < -0.39 is 0 Å². The highest BCUT2D eigenvalue weighted by Gasteiger charge is 2.12. The van der Waals surface area contributed by atoms with Gasteiger partial charge in [-0.2, -0.15) is 10.2 Å². The van der Waals surface area contributed by atoms with Crippen molar-refractivity contribution in [1.29, 1.82) is 0 Å². The summed E-state index contributed by atoms with van der Waals surface area (Å²) in [5.41, 5.74) is 4.23. The van der Waals surface area contributed by atoms with Crippen molar-refractivity contribution in [2.24, 2.45) is 10.2 Å². The van der Waals surface area contributed by atoms with Crippen molar-refractivity contribution in [2.75, 3.05) is 6.61 Å². The van der Waals surface area contributed by atoms with Gasteiger partial charge in [-0.05, 0) is 85.8 Å². The van der Waals surface area contributed by atoms with Gasteiger partial charge in [-0.15, -0.1) is 0 Å². The first-order chi connectivity index (χ1) is 20.6. The van der Waals surface area contributed by atoms with Gasteiger partial charge in [-0.3, -0.25) is 0 Å². The van der Waals surface area contributed by atoms with E-state index in [4.69, 9.17) is 9.47 Å². The van der Waals surface area contributed by atoms with Crippen molar-refractivity contribution in [3.05, 3.63) is 78.4 Å². The van der Waals surface area contributed by atoms with Crippen LogP contribution in [0.25, 0.3) is 11.1 Å². The molecule has 0 saturated heterocycles. The molecule has 3 rings (SSSR count). The second-order valence-corrected chi connectivity index (χ2v) is 11.2. The molecule has 0 N–H and O–H groups in total. The Hall–Kier alpha value is -3.47. The minimum absolute atomic E-state index is 0.0634. The van der Waals surface area contributed by atoms with Crippen LogP contribution in [0.2, 0.25) is 0 Å². The lowest BCUT2D eigenvalue weighted by molar-refractivity contribution is 0.0319. The van der Waals surface area contributed by atoms with E-state index in [2.05, 4.69) is 24.1 Å². The van der Waals surface area contributed by atoms with E-state index in [9.17, 15) is 4.79 Å². The molecule has 0 radical (unpaired) electrons. The predicted octanol–water partition coefficient (Wildman–Crippen LogP) is 11.8. The predicted molar refractivity (Wildman–Crippen MR) is 174 cm³/mol. The van der Waals surface area contributed by atoms with Gasteiger partial charge in [0.15, 0.2) is 0 Å². The molecule has 5 nitrogen and oxygen atoms in total. The van der Waals surface area contributed by atoms with Gasteiger partial charge in [-0.1, -0.05) is 102 Å². The zero-order valence-corrected chi connectivity index (χ0v) is 26.0.